The lowest BCUT2D eigenvalue weighted by molar-refractivity contribution is -0.162. The summed E-state index contributed by atoms with van der Waals surface area (Å²) in [5, 5.41) is 5.80. The van der Waals surface area contributed by atoms with Crippen LogP contribution in [-0.2, 0) is 38.2 Å². The highest BCUT2D eigenvalue weighted by Crippen LogP contribution is 2.47. The topological polar surface area (TPSA) is 94.6 Å². The minimum Gasteiger partial charge on any atom is -0.325 e. The zero-order chi connectivity index (χ0) is 30.0. The average Bonchev–Trinajstić information content (AvgIpc) is 3.45. The summed E-state index contributed by atoms with van der Waals surface area (Å²) in [6, 6.07) is 12.5. The van der Waals surface area contributed by atoms with Gasteiger partial charge in [0, 0.05) is 30.1 Å². The number of rotatable bonds is 5. The number of carbonyl (C=O) groups is 3. The normalized spacial score (nSPS) is 24.5. The Morgan fingerprint density at radius 1 is 1.05 bits per heavy atom. The molecule has 0 radical (unpaired) electrons. The Morgan fingerprint density at radius 3 is 2.48 bits per heavy atom. The number of benzene rings is 2. The molecular formula is C31H30F2IN5O3. The van der Waals surface area contributed by atoms with Gasteiger partial charge in [0.2, 0.25) is 17.7 Å². The minimum atomic E-state index is -1.17. The van der Waals surface area contributed by atoms with E-state index in [0.29, 0.717) is 28.9 Å². The molecule has 1 fully saturated rings. The minimum absolute atomic E-state index is 0.0853. The molecule has 2 aromatic carbocycles. The Bertz CT molecular complexity index is 1630. The van der Waals surface area contributed by atoms with Gasteiger partial charge in [-0.05, 0) is 80.6 Å². The van der Waals surface area contributed by atoms with Gasteiger partial charge in [0.25, 0.3) is 0 Å². The summed E-state index contributed by atoms with van der Waals surface area (Å²) in [6.45, 7) is 5.27. The fourth-order valence-electron chi connectivity index (χ4n) is 6.58. The van der Waals surface area contributed by atoms with Gasteiger partial charge in [-0.1, -0.05) is 34.7 Å². The van der Waals surface area contributed by atoms with Crippen LogP contribution in [0, 0.1) is 11.6 Å². The van der Waals surface area contributed by atoms with Crippen molar-refractivity contribution < 1.29 is 23.2 Å². The number of carbonyl (C=O) groups excluding carboxylic acids is 3. The van der Waals surface area contributed by atoms with Gasteiger partial charge in [-0.15, -0.1) is 0 Å². The van der Waals surface area contributed by atoms with Crippen LogP contribution in [0.4, 0.5) is 20.3 Å². The molecule has 1 saturated heterocycles. The number of hydrogen-bond acceptors (Lipinski definition) is 5. The van der Waals surface area contributed by atoms with E-state index in [9.17, 15) is 23.2 Å². The van der Waals surface area contributed by atoms with Gasteiger partial charge < -0.3 is 15.5 Å². The first-order chi connectivity index (χ1) is 19.9. The second kappa shape index (κ2) is 10.1. The molecule has 6 rings (SSSR count). The van der Waals surface area contributed by atoms with Crippen LogP contribution in [-0.4, -0.2) is 55.7 Å². The zero-order valence-corrected chi connectivity index (χ0v) is 25.6. The van der Waals surface area contributed by atoms with Crippen LogP contribution in [0.15, 0.2) is 54.7 Å². The van der Waals surface area contributed by atoms with Gasteiger partial charge in [-0.25, -0.2) is 13.8 Å². The number of amides is 3. The van der Waals surface area contributed by atoms with Crippen LogP contribution in [0.2, 0.25) is 0 Å². The molecule has 2 aliphatic heterocycles. The summed E-state index contributed by atoms with van der Waals surface area (Å²) < 4.78 is 29.1. The van der Waals surface area contributed by atoms with Gasteiger partial charge in [-0.3, -0.25) is 19.3 Å². The Labute approximate surface area is 256 Å². The second-order valence-electron chi connectivity index (χ2n) is 12.0. The van der Waals surface area contributed by atoms with E-state index in [2.05, 4.69) is 38.2 Å². The maximum atomic E-state index is 14.3. The summed E-state index contributed by atoms with van der Waals surface area (Å²) in [4.78, 5) is 48.0. The van der Waals surface area contributed by atoms with Crippen LogP contribution < -0.4 is 10.6 Å². The molecule has 0 saturated carbocycles. The number of nitrogens with zero attached hydrogens (tertiary/aromatic N) is 3. The SMILES string of the molecule is CC1(C)C(=O)N(CC(=O)Nc2ccc3c(c2)C[C@@]2(C3)C(=O)Nc3ncccc32)[C@](C)(c2cc(F)cc(F)c2)CN1CI. The number of aromatic nitrogens is 1. The molecule has 2 N–H and O–H groups in total. The highest BCUT2D eigenvalue weighted by atomic mass is 127. The predicted octanol–water partition coefficient (Wildman–Crippen LogP) is 4.52. The average molecular weight is 686 g/mol. The number of fused-ring (bicyclic) bond motifs is 3. The summed E-state index contributed by atoms with van der Waals surface area (Å²) >= 11 is 2.17. The van der Waals surface area contributed by atoms with E-state index >= 15 is 0 Å². The van der Waals surface area contributed by atoms with E-state index in [1.54, 1.807) is 33.0 Å². The molecule has 3 aliphatic rings. The Balaban J connectivity index is 1.26. The van der Waals surface area contributed by atoms with Crippen LogP contribution in [0.3, 0.4) is 0 Å². The Morgan fingerprint density at radius 2 is 1.76 bits per heavy atom. The van der Waals surface area contributed by atoms with Crippen LogP contribution in [0.1, 0.15) is 43.0 Å². The maximum Gasteiger partial charge on any atom is 0.244 e. The van der Waals surface area contributed by atoms with Crippen LogP contribution >= 0.6 is 22.6 Å². The summed E-state index contributed by atoms with van der Waals surface area (Å²) in [5.41, 5.74) is 0.834. The number of hydrogen-bond donors (Lipinski definition) is 2. The number of halogens is 3. The lowest BCUT2D eigenvalue weighted by atomic mass is 9.79. The third kappa shape index (κ3) is 4.48. The molecule has 11 heteroatoms. The van der Waals surface area contributed by atoms with Gasteiger partial charge in [0.15, 0.2) is 0 Å². The van der Waals surface area contributed by atoms with Gasteiger partial charge >= 0.3 is 0 Å². The molecule has 1 aromatic heterocycles. The molecule has 1 spiro atoms. The number of nitrogens with one attached hydrogen (secondary N) is 2. The van der Waals surface area contributed by atoms with Crippen molar-refractivity contribution in [2.75, 3.05) is 28.3 Å². The summed E-state index contributed by atoms with van der Waals surface area (Å²) in [6.07, 6.45) is 2.66. The molecule has 8 nitrogen and oxygen atoms in total. The first-order valence-electron chi connectivity index (χ1n) is 13.7. The van der Waals surface area contributed by atoms with Crippen LogP contribution in [0.5, 0.6) is 0 Å². The quantitative estimate of drug-likeness (QED) is 0.234. The molecule has 0 bridgehead atoms. The lowest BCUT2D eigenvalue weighted by Crippen LogP contribution is -2.70. The third-order valence-corrected chi connectivity index (χ3v) is 9.87. The number of alkyl halides is 1. The first-order valence-corrected chi connectivity index (χ1v) is 15.2. The van der Waals surface area contributed by atoms with Gasteiger partial charge in [0.05, 0.1) is 21.0 Å². The summed E-state index contributed by atoms with van der Waals surface area (Å²) in [7, 11) is 0. The zero-order valence-electron chi connectivity index (χ0n) is 23.4. The fourth-order valence-corrected chi connectivity index (χ4v) is 7.68. The Hall–Kier alpha value is -3.45. The fraction of sp³-hybridized carbons (Fsp3) is 0.355. The number of piperazine rings is 1. The summed E-state index contributed by atoms with van der Waals surface area (Å²) in [5.74, 6) is -1.76. The molecular weight excluding hydrogens is 655 g/mol. The molecule has 0 unspecified atom stereocenters. The highest BCUT2D eigenvalue weighted by Gasteiger charge is 2.53. The van der Waals surface area contributed by atoms with Crippen molar-refractivity contribution in [3.63, 3.8) is 0 Å². The number of pyridine rings is 1. The van der Waals surface area contributed by atoms with Crippen molar-refractivity contribution in [1.82, 2.24) is 14.8 Å². The lowest BCUT2D eigenvalue weighted by Gasteiger charge is -2.55. The van der Waals surface area contributed by atoms with Crippen molar-refractivity contribution in [2.45, 2.75) is 50.1 Å². The molecule has 3 aromatic rings. The van der Waals surface area contributed by atoms with E-state index in [0.717, 1.165) is 22.8 Å². The van der Waals surface area contributed by atoms with E-state index in [1.165, 1.54) is 17.0 Å². The Kier molecular flexibility index (Phi) is 6.88. The van der Waals surface area contributed by atoms with Crippen molar-refractivity contribution in [3.05, 3.63) is 88.6 Å². The van der Waals surface area contributed by atoms with E-state index < -0.39 is 34.0 Å². The van der Waals surface area contributed by atoms with Crippen molar-refractivity contribution in [3.8, 4) is 0 Å². The third-order valence-electron chi connectivity index (χ3n) is 9.05. The van der Waals surface area contributed by atoms with Crippen molar-refractivity contribution in [2.24, 2.45) is 0 Å². The largest absolute Gasteiger partial charge is 0.325 e. The predicted molar refractivity (Wildman–Crippen MR) is 162 cm³/mol. The van der Waals surface area contributed by atoms with Crippen LogP contribution in [0.25, 0.3) is 0 Å². The van der Waals surface area contributed by atoms with Crippen molar-refractivity contribution in [1.29, 1.82) is 0 Å². The molecule has 1 aliphatic carbocycles. The smallest absolute Gasteiger partial charge is 0.244 e. The monoisotopic (exact) mass is 685 g/mol. The second-order valence-corrected chi connectivity index (χ2v) is 12.7. The molecule has 218 valence electrons. The van der Waals surface area contributed by atoms with Gasteiger partial charge in [0.1, 0.15) is 24.0 Å². The van der Waals surface area contributed by atoms with Gasteiger partial charge in [-0.2, -0.15) is 0 Å². The standard InChI is InChI=1S/C31H30F2IN5O3/c1-29(2)28(42)39(30(3,16-38(29)17-34)20-10-21(32)12-22(33)11-20)15-25(40)36-23-7-6-18-13-31(14-19(18)9-23)24-5-4-8-35-26(24)37-27(31)41/h4-12H,13-17H2,1-3H3,(H,36,40)(H,35,37,41)/t30-,31+/m0/s1. The molecule has 3 amide bonds. The molecule has 2 atom stereocenters. The van der Waals surface area contributed by atoms with E-state index in [4.69, 9.17) is 0 Å². The molecule has 42 heavy (non-hydrogen) atoms. The van der Waals surface area contributed by atoms with E-state index in [1.807, 2.05) is 29.2 Å². The molecule has 3 heterocycles. The number of anilines is 2. The highest BCUT2D eigenvalue weighted by molar-refractivity contribution is 14.1. The van der Waals surface area contributed by atoms with Crippen molar-refractivity contribution >= 4 is 51.8 Å². The van der Waals surface area contributed by atoms with E-state index in [-0.39, 0.29) is 30.5 Å². The maximum absolute atomic E-state index is 14.3. The first kappa shape index (κ1) is 28.7.